The summed E-state index contributed by atoms with van der Waals surface area (Å²) in [4.78, 5) is 16.3. The summed E-state index contributed by atoms with van der Waals surface area (Å²) in [5.74, 6) is 0.809. The van der Waals surface area contributed by atoms with E-state index in [9.17, 15) is 4.79 Å². The van der Waals surface area contributed by atoms with Gasteiger partial charge >= 0.3 is 0 Å². The van der Waals surface area contributed by atoms with Crippen molar-refractivity contribution in [3.05, 3.63) is 24.3 Å². The fraction of sp³-hybridized carbons (Fsp3) is 0.438. The molecule has 1 aliphatic carbocycles. The lowest BCUT2D eigenvalue weighted by molar-refractivity contribution is -0.118. The average Bonchev–Trinajstić information content (AvgIpc) is 2.97. The number of hydrogen-bond donors (Lipinski definition) is 1. The molecule has 4 nitrogen and oxygen atoms in total. The monoisotopic (exact) mass is 333 g/mol. The summed E-state index contributed by atoms with van der Waals surface area (Å²) in [6.07, 6.45) is 8.17. The molecule has 1 aromatic heterocycles. The zero-order valence-corrected chi connectivity index (χ0v) is 14.0. The number of benzene rings is 1. The molecule has 0 unspecified atom stereocenters. The van der Waals surface area contributed by atoms with Gasteiger partial charge in [-0.2, -0.15) is 5.10 Å². The molecule has 0 radical (unpaired) electrons. The molecule has 2 aromatic rings. The van der Waals surface area contributed by atoms with E-state index in [1.54, 1.807) is 11.3 Å². The van der Waals surface area contributed by atoms with Crippen LogP contribution in [0.4, 0.5) is 0 Å². The Morgan fingerprint density at radius 2 is 2.18 bits per heavy atom. The van der Waals surface area contributed by atoms with Crippen molar-refractivity contribution in [2.45, 2.75) is 36.4 Å². The number of nitrogens with zero attached hydrogens (tertiary/aromatic N) is 2. The molecule has 0 atom stereocenters. The molecule has 0 bridgehead atoms. The lowest BCUT2D eigenvalue weighted by Crippen LogP contribution is -2.20. The molecular weight excluding hydrogens is 314 g/mol. The predicted octanol–water partition coefficient (Wildman–Crippen LogP) is 4.07. The van der Waals surface area contributed by atoms with Gasteiger partial charge in [-0.25, -0.2) is 10.4 Å². The Morgan fingerprint density at radius 3 is 3.00 bits per heavy atom. The Kier molecular flexibility index (Phi) is 5.45. The first-order chi connectivity index (χ1) is 10.8. The number of carbonyl (C=O) groups is 1. The number of para-hydroxylation sites is 1. The Bertz CT molecular complexity index is 629. The standard InChI is InChI=1S/C16H19N3OS2/c20-15(19-17-10-12-6-2-1-3-7-12)11-21-16-18-13-8-4-5-9-14(13)22-16/h4-5,8-10,12H,1-3,6-7,11H2,(H,19,20)/b17-10+. The van der Waals surface area contributed by atoms with Crippen LogP contribution in [0.15, 0.2) is 33.7 Å². The van der Waals surface area contributed by atoms with Crippen molar-refractivity contribution in [2.24, 2.45) is 11.0 Å². The van der Waals surface area contributed by atoms with Crippen LogP contribution >= 0.6 is 23.1 Å². The number of hydrogen-bond acceptors (Lipinski definition) is 5. The van der Waals surface area contributed by atoms with E-state index >= 15 is 0 Å². The van der Waals surface area contributed by atoms with Gasteiger partial charge < -0.3 is 0 Å². The van der Waals surface area contributed by atoms with E-state index in [0.717, 1.165) is 14.6 Å². The second-order valence-corrected chi connectivity index (χ2v) is 7.70. The maximum atomic E-state index is 11.8. The largest absolute Gasteiger partial charge is 0.272 e. The van der Waals surface area contributed by atoms with Crippen LogP contribution in [0.3, 0.4) is 0 Å². The van der Waals surface area contributed by atoms with Crippen LogP contribution < -0.4 is 5.43 Å². The number of rotatable bonds is 5. The molecule has 1 aliphatic rings. The van der Waals surface area contributed by atoms with Crippen molar-refractivity contribution >= 4 is 45.4 Å². The smallest absolute Gasteiger partial charge is 0.250 e. The number of nitrogens with one attached hydrogen (secondary N) is 1. The van der Waals surface area contributed by atoms with Gasteiger partial charge in [-0.3, -0.25) is 4.79 Å². The quantitative estimate of drug-likeness (QED) is 0.510. The molecule has 1 N–H and O–H groups in total. The van der Waals surface area contributed by atoms with Gasteiger partial charge in [0.15, 0.2) is 4.34 Å². The summed E-state index contributed by atoms with van der Waals surface area (Å²) >= 11 is 3.08. The molecule has 0 spiro atoms. The Labute approximate surface area is 138 Å². The number of amides is 1. The van der Waals surface area contributed by atoms with Crippen molar-refractivity contribution < 1.29 is 4.79 Å². The van der Waals surface area contributed by atoms with Crippen molar-refractivity contribution in [3.63, 3.8) is 0 Å². The molecule has 1 amide bonds. The van der Waals surface area contributed by atoms with Crippen LogP contribution in [0.5, 0.6) is 0 Å². The molecule has 116 valence electrons. The van der Waals surface area contributed by atoms with E-state index in [2.05, 4.69) is 15.5 Å². The van der Waals surface area contributed by atoms with E-state index < -0.39 is 0 Å². The number of carbonyl (C=O) groups excluding carboxylic acids is 1. The first-order valence-corrected chi connectivity index (χ1v) is 9.42. The molecule has 0 saturated heterocycles. The van der Waals surface area contributed by atoms with Gasteiger partial charge in [0.05, 0.1) is 16.0 Å². The summed E-state index contributed by atoms with van der Waals surface area (Å²) < 4.78 is 2.08. The first-order valence-electron chi connectivity index (χ1n) is 7.61. The second-order valence-electron chi connectivity index (χ2n) is 5.45. The number of thioether (sulfide) groups is 1. The molecule has 1 saturated carbocycles. The lowest BCUT2D eigenvalue weighted by Gasteiger charge is -2.16. The van der Waals surface area contributed by atoms with Crippen molar-refractivity contribution in [2.75, 3.05) is 5.75 Å². The number of aromatic nitrogens is 1. The molecule has 1 aromatic carbocycles. The highest BCUT2D eigenvalue weighted by Gasteiger charge is 2.11. The molecule has 6 heteroatoms. The molecule has 1 heterocycles. The normalized spacial score (nSPS) is 16.4. The highest BCUT2D eigenvalue weighted by Crippen LogP contribution is 2.29. The van der Waals surface area contributed by atoms with Crippen LogP contribution in [0, 0.1) is 5.92 Å². The topological polar surface area (TPSA) is 54.4 Å². The van der Waals surface area contributed by atoms with Gasteiger partial charge in [0.2, 0.25) is 5.91 Å². The maximum absolute atomic E-state index is 11.8. The van der Waals surface area contributed by atoms with Gasteiger partial charge in [-0.1, -0.05) is 43.2 Å². The average molecular weight is 333 g/mol. The minimum atomic E-state index is -0.0729. The van der Waals surface area contributed by atoms with E-state index in [-0.39, 0.29) is 5.91 Å². The third kappa shape index (κ3) is 4.30. The van der Waals surface area contributed by atoms with Crippen molar-refractivity contribution in [3.8, 4) is 0 Å². The number of thiazole rings is 1. The molecule has 1 fully saturated rings. The van der Waals surface area contributed by atoms with Gasteiger partial charge in [-0.15, -0.1) is 11.3 Å². The summed E-state index contributed by atoms with van der Waals surface area (Å²) in [5.41, 5.74) is 3.61. The lowest BCUT2D eigenvalue weighted by atomic mass is 9.90. The fourth-order valence-electron chi connectivity index (χ4n) is 2.57. The fourth-order valence-corrected chi connectivity index (χ4v) is 4.43. The van der Waals surface area contributed by atoms with Crippen molar-refractivity contribution in [1.29, 1.82) is 0 Å². The Hall–Kier alpha value is -1.40. The first kappa shape index (κ1) is 15.5. The Balaban J connectivity index is 1.44. The van der Waals surface area contributed by atoms with Crippen LogP contribution in [-0.2, 0) is 4.79 Å². The number of fused-ring (bicyclic) bond motifs is 1. The van der Waals surface area contributed by atoms with Gasteiger partial charge in [-0.05, 0) is 30.9 Å². The van der Waals surface area contributed by atoms with Crippen LogP contribution in [0.25, 0.3) is 10.2 Å². The summed E-state index contributed by atoms with van der Waals surface area (Å²) in [7, 11) is 0. The van der Waals surface area contributed by atoms with E-state index in [4.69, 9.17) is 0 Å². The maximum Gasteiger partial charge on any atom is 0.250 e. The minimum Gasteiger partial charge on any atom is -0.272 e. The SMILES string of the molecule is O=C(CSc1nc2ccccc2s1)N/N=C/C1CCCCC1. The molecule has 0 aliphatic heterocycles. The van der Waals surface area contributed by atoms with Crippen LogP contribution in [-0.4, -0.2) is 22.9 Å². The van der Waals surface area contributed by atoms with Gasteiger partial charge in [0.1, 0.15) is 0 Å². The minimum absolute atomic E-state index is 0.0729. The van der Waals surface area contributed by atoms with E-state index in [1.165, 1.54) is 43.9 Å². The highest BCUT2D eigenvalue weighted by molar-refractivity contribution is 8.01. The molecular formula is C16H19N3OS2. The zero-order valence-electron chi connectivity index (χ0n) is 12.3. The van der Waals surface area contributed by atoms with E-state index in [0.29, 0.717) is 11.7 Å². The third-order valence-corrected chi connectivity index (χ3v) is 5.90. The van der Waals surface area contributed by atoms with Crippen molar-refractivity contribution in [1.82, 2.24) is 10.4 Å². The second kappa shape index (κ2) is 7.74. The van der Waals surface area contributed by atoms with Crippen LogP contribution in [0.2, 0.25) is 0 Å². The molecule has 3 rings (SSSR count). The molecule has 22 heavy (non-hydrogen) atoms. The zero-order chi connectivity index (χ0) is 15.2. The highest BCUT2D eigenvalue weighted by atomic mass is 32.2. The van der Waals surface area contributed by atoms with E-state index in [1.807, 2.05) is 30.5 Å². The predicted molar refractivity (Wildman–Crippen MR) is 93.6 cm³/mol. The van der Waals surface area contributed by atoms with Gasteiger partial charge in [0, 0.05) is 6.21 Å². The van der Waals surface area contributed by atoms with Crippen LogP contribution in [0.1, 0.15) is 32.1 Å². The summed E-state index contributed by atoms with van der Waals surface area (Å²) in [6.45, 7) is 0. The number of hydrazone groups is 1. The Morgan fingerprint density at radius 1 is 1.36 bits per heavy atom. The summed E-state index contributed by atoms with van der Waals surface area (Å²) in [5, 5.41) is 4.10. The third-order valence-electron chi connectivity index (χ3n) is 3.73. The van der Waals surface area contributed by atoms with Gasteiger partial charge in [0.25, 0.3) is 0 Å². The summed E-state index contributed by atoms with van der Waals surface area (Å²) in [6, 6.07) is 8.01.